The first-order chi connectivity index (χ1) is 15.6. The Hall–Kier alpha value is -2.45. The van der Waals surface area contributed by atoms with Crippen LogP contribution in [0.25, 0.3) is 17.7 Å². The number of rotatable bonds is 3. The van der Waals surface area contributed by atoms with Gasteiger partial charge in [-0.1, -0.05) is 29.9 Å². The van der Waals surface area contributed by atoms with Gasteiger partial charge in [-0.25, -0.2) is 12.8 Å². The maximum Gasteiger partial charge on any atom is 0.501 e. The zero-order valence-electron chi connectivity index (χ0n) is 17.8. The summed E-state index contributed by atoms with van der Waals surface area (Å²) in [5.41, 5.74) is -1.40. The minimum absolute atomic E-state index is 0.395. The summed E-state index contributed by atoms with van der Waals surface area (Å²) in [4.78, 5) is 1.60. The largest absolute Gasteiger partial charge is 0.501 e. The molecule has 0 amide bonds. The number of alkyl halides is 3. The number of benzene rings is 2. The summed E-state index contributed by atoms with van der Waals surface area (Å²) >= 11 is 0. The molecule has 0 radical (unpaired) electrons. The van der Waals surface area contributed by atoms with Crippen molar-refractivity contribution < 1.29 is 26.0 Å². The summed E-state index contributed by atoms with van der Waals surface area (Å²) in [6, 6.07) is 7.86. The van der Waals surface area contributed by atoms with E-state index in [-0.39, 0.29) is 0 Å². The monoisotopic (exact) mass is 477 g/mol. The second-order valence-electron chi connectivity index (χ2n) is 8.99. The van der Waals surface area contributed by atoms with Gasteiger partial charge in [0.05, 0.1) is 4.90 Å². The number of sulfone groups is 1. The fourth-order valence-corrected chi connectivity index (χ4v) is 5.50. The van der Waals surface area contributed by atoms with Crippen molar-refractivity contribution in [1.82, 2.24) is 4.90 Å². The molecule has 1 saturated carbocycles. The summed E-state index contributed by atoms with van der Waals surface area (Å²) in [6.07, 6.45) is 7.45. The molecular weight excluding hydrogens is 454 g/mol. The standard InChI is InChI=1S/C25H23F4NO2S/c26-20-7-5-17-3-4-18-6-8-21(33(31,32)25(27,28)29)14-23(18)24(22(17)13-20)19-9-11-30(12-10-19)15-16-1-2-16/h3-8,13-14,16H,1-2,9-12,15H2. The van der Waals surface area contributed by atoms with Gasteiger partial charge in [-0.3, -0.25) is 0 Å². The molecule has 1 saturated heterocycles. The lowest BCUT2D eigenvalue weighted by Gasteiger charge is -2.30. The summed E-state index contributed by atoms with van der Waals surface area (Å²) in [7, 11) is -5.51. The van der Waals surface area contributed by atoms with E-state index in [9.17, 15) is 26.0 Å². The lowest BCUT2D eigenvalue weighted by atomic mass is 9.86. The minimum atomic E-state index is -5.51. The van der Waals surface area contributed by atoms with Crippen molar-refractivity contribution in [1.29, 1.82) is 0 Å². The van der Waals surface area contributed by atoms with Gasteiger partial charge in [0.2, 0.25) is 0 Å². The van der Waals surface area contributed by atoms with Crippen LogP contribution in [0.4, 0.5) is 17.6 Å². The number of piperidine rings is 1. The van der Waals surface area contributed by atoms with Crippen LogP contribution in [0.1, 0.15) is 47.9 Å². The van der Waals surface area contributed by atoms with E-state index in [0.717, 1.165) is 48.8 Å². The van der Waals surface area contributed by atoms with Crippen molar-refractivity contribution >= 4 is 27.6 Å². The van der Waals surface area contributed by atoms with E-state index in [1.807, 2.05) is 0 Å². The lowest BCUT2D eigenvalue weighted by molar-refractivity contribution is -0.0436. The summed E-state index contributed by atoms with van der Waals surface area (Å²) < 4.78 is 78.3. The molecule has 0 aromatic heterocycles. The Balaban J connectivity index is 1.65. The van der Waals surface area contributed by atoms with Gasteiger partial charge >= 0.3 is 5.51 Å². The molecule has 2 fully saturated rings. The van der Waals surface area contributed by atoms with Crippen LogP contribution in [0.15, 0.2) is 46.9 Å². The molecule has 0 atom stereocenters. The van der Waals surface area contributed by atoms with E-state index in [0.29, 0.717) is 35.1 Å². The third-order valence-corrected chi connectivity index (χ3v) is 8.15. The quantitative estimate of drug-likeness (QED) is 0.440. The molecular formula is C25H23F4NO2S. The molecule has 2 aromatic carbocycles. The highest BCUT2D eigenvalue weighted by Gasteiger charge is 2.47. The summed E-state index contributed by atoms with van der Waals surface area (Å²) in [5.74, 6) is 0.306. The highest BCUT2D eigenvalue weighted by atomic mass is 32.2. The number of halogens is 4. The van der Waals surface area contributed by atoms with Crippen LogP contribution in [0.5, 0.6) is 0 Å². The second-order valence-corrected chi connectivity index (χ2v) is 10.9. The molecule has 5 rings (SSSR count). The Labute approximate surface area is 190 Å². The first-order valence-electron chi connectivity index (χ1n) is 11.0. The van der Waals surface area contributed by atoms with Gasteiger partial charge in [0.25, 0.3) is 9.84 Å². The Morgan fingerprint density at radius 1 is 0.909 bits per heavy atom. The first kappa shape index (κ1) is 22.3. The number of hydrogen-bond donors (Lipinski definition) is 0. The Morgan fingerprint density at radius 3 is 2.12 bits per heavy atom. The molecule has 1 heterocycles. The fourth-order valence-electron chi connectivity index (χ4n) is 4.72. The number of likely N-dealkylation sites (tertiary alicyclic amines) is 1. The van der Waals surface area contributed by atoms with Gasteiger partial charge in [-0.05, 0) is 83.7 Å². The topological polar surface area (TPSA) is 37.4 Å². The van der Waals surface area contributed by atoms with Crippen molar-refractivity contribution in [3.63, 3.8) is 0 Å². The molecule has 3 aliphatic rings. The van der Waals surface area contributed by atoms with Crippen LogP contribution in [0.2, 0.25) is 0 Å². The van der Waals surface area contributed by atoms with Crippen LogP contribution in [0, 0.1) is 11.7 Å². The van der Waals surface area contributed by atoms with Crippen LogP contribution in [-0.4, -0.2) is 38.5 Å². The van der Waals surface area contributed by atoms with Gasteiger partial charge < -0.3 is 4.90 Å². The van der Waals surface area contributed by atoms with E-state index >= 15 is 0 Å². The highest BCUT2D eigenvalue weighted by Crippen LogP contribution is 2.41. The molecule has 8 heteroatoms. The van der Waals surface area contributed by atoms with Crippen molar-refractivity contribution in [3.05, 3.63) is 70.0 Å². The molecule has 1 aliphatic heterocycles. The molecule has 2 aromatic rings. The Bertz CT molecular complexity index is 1260. The van der Waals surface area contributed by atoms with Gasteiger partial charge in [-0.15, -0.1) is 0 Å². The van der Waals surface area contributed by atoms with E-state index < -0.39 is 26.1 Å². The fraction of sp³-hybridized carbons (Fsp3) is 0.360. The predicted molar refractivity (Wildman–Crippen MR) is 119 cm³/mol. The summed E-state index contributed by atoms with van der Waals surface area (Å²) in [5, 5.41) is 0. The maximum atomic E-state index is 14.3. The molecule has 2 aliphatic carbocycles. The van der Waals surface area contributed by atoms with Gasteiger partial charge in [0.15, 0.2) is 0 Å². The van der Waals surface area contributed by atoms with Crippen LogP contribution < -0.4 is 0 Å². The number of nitrogens with zero attached hydrogens (tertiary/aromatic N) is 1. The van der Waals surface area contributed by atoms with Crippen LogP contribution >= 0.6 is 0 Å². The molecule has 0 unspecified atom stereocenters. The molecule has 0 N–H and O–H groups in total. The van der Waals surface area contributed by atoms with Crippen molar-refractivity contribution in [2.24, 2.45) is 5.92 Å². The van der Waals surface area contributed by atoms with Crippen LogP contribution in [0.3, 0.4) is 0 Å². The SMILES string of the molecule is O=S(=O)(c1ccc2c(c1)C(=C1CCN(CC3CC3)CC1)c1cc(F)ccc1C=C2)C(F)(F)F. The molecule has 33 heavy (non-hydrogen) atoms. The van der Waals surface area contributed by atoms with Crippen molar-refractivity contribution in [3.8, 4) is 0 Å². The van der Waals surface area contributed by atoms with Crippen molar-refractivity contribution in [2.45, 2.75) is 36.1 Å². The molecule has 0 spiro atoms. The van der Waals surface area contributed by atoms with Gasteiger partial charge in [0, 0.05) is 19.6 Å². The zero-order valence-corrected chi connectivity index (χ0v) is 18.6. The third-order valence-electron chi connectivity index (χ3n) is 6.66. The summed E-state index contributed by atoms with van der Waals surface area (Å²) in [6.45, 7) is 2.70. The normalized spacial score (nSPS) is 19.3. The minimum Gasteiger partial charge on any atom is -0.302 e. The first-order valence-corrected chi connectivity index (χ1v) is 12.5. The van der Waals surface area contributed by atoms with Crippen molar-refractivity contribution in [2.75, 3.05) is 19.6 Å². The van der Waals surface area contributed by atoms with E-state index in [1.165, 1.54) is 31.0 Å². The Kier molecular flexibility index (Phi) is 5.48. The molecule has 3 nitrogen and oxygen atoms in total. The highest BCUT2D eigenvalue weighted by molar-refractivity contribution is 7.92. The van der Waals surface area contributed by atoms with E-state index in [2.05, 4.69) is 4.90 Å². The smallest absolute Gasteiger partial charge is 0.302 e. The average molecular weight is 478 g/mol. The number of fused-ring (bicyclic) bond motifs is 2. The van der Waals surface area contributed by atoms with E-state index in [4.69, 9.17) is 0 Å². The van der Waals surface area contributed by atoms with E-state index in [1.54, 1.807) is 18.2 Å². The molecule has 0 bridgehead atoms. The lowest BCUT2D eigenvalue weighted by Crippen LogP contribution is -2.32. The third kappa shape index (κ3) is 4.26. The van der Waals surface area contributed by atoms with Gasteiger partial charge in [-0.2, -0.15) is 13.2 Å². The zero-order chi connectivity index (χ0) is 23.4. The van der Waals surface area contributed by atoms with Gasteiger partial charge in [0.1, 0.15) is 5.82 Å². The average Bonchev–Trinajstić information content (AvgIpc) is 3.59. The number of hydrogen-bond acceptors (Lipinski definition) is 3. The predicted octanol–water partition coefficient (Wildman–Crippen LogP) is 5.91. The van der Waals surface area contributed by atoms with Crippen LogP contribution in [-0.2, 0) is 9.84 Å². The Morgan fingerprint density at radius 2 is 1.52 bits per heavy atom. The molecule has 174 valence electrons. The second kappa shape index (κ2) is 8.09. The maximum absolute atomic E-state index is 14.3.